The summed E-state index contributed by atoms with van der Waals surface area (Å²) in [5.41, 5.74) is 0. The molecule has 0 aromatic carbocycles. The number of carbonyl (C=O) groups is 1. The number of aliphatic hydroxyl groups excluding tert-OH is 1. The molecular formula is C26H52O6PS+. The van der Waals surface area contributed by atoms with Crippen LogP contribution in [0.4, 0.5) is 0 Å². The maximum Gasteiger partial charge on any atom is 0.559 e. The monoisotopic (exact) mass is 523 g/mol. The smallest absolute Gasteiger partial charge is 0.476 e. The molecule has 0 bridgehead atoms. The lowest BCUT2D eigenvalue weighted by atomic mass is 10.1. The van der Waals surface area contributed by atoms with Gasteiger partial charge in [-0.05, 0) is 36.5 Å². The highest BCUT2D eigenvalue weighted by molar-refractivity contribution is 7.99. The minimum Gasteiger partial charge on any atom is -0.476 e. The molecule has 202 valence electrons. The Kier molecular flexibility index (Phi) is 21.9. The third-order valence-electron chi connectivity index (χ3n) is 6.08. The molecule has 0 aromatic rings. The average molecular weight is 524 g/mol. The van der Waals surface area contributed by atoms with Gasteiger partial charge >= 0.3 is 19.3 Å². The first-order chi connectivity index (χ1) is 16.4. The van der Waals surface area contributed by atoms with Gasteiger partial charge in [0.1, 0.15) is 13.2 Å². The van der Waals surface area contributed by atoms with Gasteiger partial charge in [-0.3, -0.25) is 0 Å². The largest absolute Gasteiger partial charge is 0.559 e. The number of aliphatic carboxylic acids is 1. The molecule has 34 heavy (non-hydrogen) atoms. The molecule has 0 aliphatic rings. The van der Waals surface area contributed by atoms with E-state index in [-0.39, 0.29) is 11.9 Å². The molecule has 0 saturated carbocycles. The fourth-order valence-corrected chi connectivity index (χ4v) is 6.28. The van der Waals surface area contributed by atoms with E-state index in [1.165, 1.54) is 57.8 Å². The number of ether oxygens (including phenoxy) is 1. The molecule has 0 aliphatic carbocycles. The Morgan fingerprint density at radius 3 is 1.91 bits per heavy atom. The van der Waals surface area contributed by atoms with Crippen LogP contribution in [0.3, 0.4) is 0 Å². The molecule has 0 spiro atoms. The van der Waals surface area contributed by atoms with Crippen molar-refractivity contribution in [2.24, 2.45) is 0 Å². The van der Waals surface area contributed by atoms with Gasteiger partial charge in [-0.25, -0.2) is 4.79 Å². The maximum atomic E-state index is 12.6. The van der Waals surface area contributed by atoms with Crippen molar-refractivity contribution in [3.8, 4) is 0 Å². The van der Waals surface area contributed by atoms with Gasteiger partial charge < -0.3 is 14.9 Å². The summed E-state index contributed by atoms with van der Waals surface area (Å²) in [6, 6.07) is 0. The number of carboxylic acid groups (broad SMARTS) is 1. The zero-order valence-electron chi connectivity index (χ0n) is 22.3. The topological polar surface area (TPSA) is 93.1 Å². The van der Waals surface area contributed by atoms with Crippen molar-refractivity contribution in [3.05, 3.63) is 0 Å². The summed E-state index contributed by atoms with van der Waals surface area (Å²) in [5.74, 6) is -0.440. The van der Waals surface area contributed by atoms with E-state index in [9.17, 15) is 19.6 Å². The van der Waals surface area contributed by atoms with Crippen LogP contribution in [0.1, 0.15) is 124 Å². The summed E-state index contributed by atoms with van der Waals surface area (Å²) in [4.78, 5) is 12.0. The molecule has 0 aromatic heterocycles. The van der Waals surface area contributed by atoms with Crippen molar-refractivity contribution < 1.29 is 28.8 Å². The minimum absolute atomic E-state index is 0.0879. The van der Waals surface area contributed by atoms with Crippen LogP contribution in [-0.4, -0.2) is 51.8 Å². The second-order valence-corrected chi connectivity index (χ2v) is 12.1. The van der Waals surface area contributed by atoms with Gasteiger partial charge in [-0.2, -0.15) is 11.8 Å². The van der Waals surface area contributed by atoms with Gasteiger partial charge in [-0.1, -0.05) is 97.8 Å². The van der Waals surface area contributed by atoms with E-state index in [0.717, 1.165) is 37.9 Å². The van der Waals surface area contributed by atoms with Crippen molar-refractivity contribution in [2.75, 3.05) is 19.0 Å². The van der Waals surface area contributed by atoms with E-state index in [4.69, 9.17) is 9.26 Å². The van der Waals surface area contributed by atoms with E-state index in [1.54, 1.807) is 0 Å². The highest BCUT2D eigenvalue weighted by Gasteiger charge is 2.62. The Hall–Kier alpha value is -0.200. The quantitative estimate of drug-likeness (QED) is 0.0926. The molecule has 0 fully saturated rings. The Morgan fingerprint density at radius 2 is 1.41 bits per heavy atom. The molecule has 0 radical (unpaired) electrons. The summed E-state index contributed by atoms with van der Waals surface area (Å²) in [6.07, 6.45) is 17.3. The molecule has 2 N–H and O–H groups in total. The van der Waals surface area contributed by atoms with E-state index in [0.29, 0.717) is 6.42 Å². The second kappa shape index (κ2) is 22.0. The molecule has 0 saturated heterocycles. The molecule has 0 heterocycles. The first-order valence-corrected chi connectivity index (χ1v) is 15.9. The fraction of sp³-hybridized carbons (Fsp3) is 0.962. The number of aliphatic hydroxyl groups is 1. The number of carboxylic acids is 1. The highest BCUT2D eigenvalue weighted by Crippen LogP contribution is 2.43. The summed E-state index contributed by atoms with van der Waals surface area (Å²) < 4.78 is 23.7. The van der Waals surface area contributed by atoms with E-state index in [2.05, 4.69) is 13.8 Å². The third-order valence-corrected chi connectivity index (χ3v) is 9.10. The number of unbranched alkanes of at least 4 members (excludes halogenated alkanes) is 11. The Morgan fingerprint density at radius 1 is 0.882 bits per heavy atom. The van der Waals surface area contributed by atoms with Gasteiger partial charge in [0.2, 0.25) is 0 Å². The average Bonchev–Trinajstić information content (AvgIpc) is 2.82. The predicted molar refractivity (Wildman–Crippen MR) is 144 cm³/mol. The zero-order valence-corrected chi connectivity index (χ0v) is 24.0. The van der Waals surface area contributed by atoms with E-state index >= 15 is 0 Å². The molecule has 4 unspecified atom stereocenters. The molecule has 4 atom stereocenters. The lowest BCUT2D eigenvalue weighted by Gasteiger charge is -2.28. The van der Waals surface area contributed by atoms with Gasteiger partial charge in [0, 0.05) is 5.25 Å². The van der Waals surface area contributed by atoms with Crippen LogP contribution in [0.5, 0.6) is 0 Å². The molecular weight excluding hydrogens is 471 g/mol. The van der Waals surface area contributed by atoms with Crippen molar-refractivity contribution in [1.29, 1.82) is 0 Å². The number of rotatable bonds is 25. The summed E-state index contributed by atoms with van der Waals surface area (Å²) >= 11 is 1.81. The Labute approximate surface area is 214 Å². The maximum absolute atomic E-state index is 12.6. The predicted octanol–water partition coefficient (Wildman–Crippen LogP) is 7.94. The fourth-order valence-electron chi connectivity index (χ4n) is 3.87. The number of thioether (sulfide) groups is 1. The first-order valence-electron chi connectivity index (χ1n) is 13.6. The SMILES string of the molecule is CCCCCCCCCCCCSC(CCCCC)C(C)OC(CO)(C(=O)O)[P+](=O)OCCC. The second-order valence-electron chi connectivity index (χ2n) is 9.25. The highest BCUT2D eigenvalue weighted by atomic mass is 32.2. The van der Waals surface area contributed by atoms with E-state index in [1.807, 2.05) is 25.6 Å². The number of hydrogen-bond donors (Lipinski definition) is 2. The Bertz CT molecular complexity index is 522. The lowest BCUT2D eigenvalue weighted by Crippen LogP contribution is -2.46. The summed E-state index contributed by atoms with van der Waals surface area (Å²) in [5, 5.41) is 17.5. The van der Waals surface area contributed by atoms with Crippen LogP contribution in [0, 0.1) is 0 Å². The van der Waals surface area contributed by atoms with Crippen LogP contribution >= 0.6 is 19.8 Å². The van der Waals surface area contributed by atoms with Crippen LogP contribution in [0.15, 0.2) is 0 Å². The van der Waals surface area contributed by atoms with Crippen LogP contribution in [0.25, 0.3) is 0 Å². The minimum atomic E-state index is -2.71. The van der Waals surface area contributed by atoms with Crippen molar-refractivity contribution in [1.82, 2.24) is 0 Å². The summed E-state index contributed by atoms with van der Waals surface area (Å²) in [6.45, 7) is 7.37. The van der Waals surface area contributed by atoms with Gasteiger partial charge in [0.25, 0.3) is 0 Å². The molecule has 8 heteroatoms. The van der Waals surface area contributed by atoms with E-state index < -0.39 is 32.1 Å². The molecule has 0 aliphatic heterocycles. The van der Waals surface area contributed by atoms with Crippen molar-refractivity contribution >= 4 is 25.8 Å². The van der Waals surface area contributed by atoms with Gasteiger partial charge in [-0.15, -0.1) is 4.52 Å². The van der Waals surface area contributed by atoms with Gasteiger partial charge in [0.15, 0.2) is 0 Å². The van der Waals surface area contributed by atoms with Gasteiger partial charge in [0.05, 0.1) is 6.10 Å². The summed E-state index contributed by atoms with van der Waals surface area (Å²) in [7, 11) is -2.71. The molecule has 6 nitrogen and oxygen atoms in total. The normalized spacial score (nSPS) is 15.6. The Balaban J connectivity index is 4.68. The van der Waals surface area contributed by atoms with Crippen molar-refractivity contribution in [2.45, 2.75) is 141 Å². The van der Waals surface area contributed by atoms with Crippen LogP contribution in [0.2, 0.25) is 0 Å². The molecule has 0 rings (SSSR count). The van der Waals surface area contributed by atoms with Crippen LogP contribution < -0.4 is 0 Å². The van der Waals surface area contributed by atoms with Crippen molar-refractivity contribution in [3.63, 3.8) is 0 Å². The first kappa shape index (κ1) is 33.8. The molecule has 0 amide bonds. The lowest BCUT2D eigenvalue weighted by molar-refractivity contribution is -0.164. The third kappa shape index (κ3) is 14.4. The number of hydrogen-bond acceptors (Lipinski definition) is 6. The van der Waals surface area contributed by atoms with Crippen LogP contribution in [-0.2, 0) is 18.6 Å². The zero-order chi connectivity index (χ0) is 25.7. The standard InChI is InChI=1S/C26H51O6PS/c1-5-8-10-11-12-13-14-15-16-18-21-34-24(19-17-9-6-2)23(4)32-26(22-27,25(28)29)33(30)31-20-7-3/h23-24,27H,5-22H2,1-4H3/p+1.